The first-order valence-corrected chi connectivity index (χ1v) is 7.54. The second-order valence-electron chi connectivity index (χ2n) is 5.23. The highest BCUT2D eigenvalue weighted by atomic mass is 19.4. The molecule has 2 rings (SSSR count). The highest BCUT2D eigenvalue weighted by Crippen LogP contribution is 2.23. The number of ether oxygens (including phenoxy) is 1. The largest absolute Gasteiger partial charge is 0.573 e. The van der Waals surface area contributed by atoms with E-state index >= 15 is 0 Å². The Hall–Kier alpha value is -3.55. The second kappa shape index (κ2) is 7.77. The summed E-state index contributed by atoms with van der Waals surface area (Å²) >= 11 is 0. The van der Waals surface area contributed by atoms with Crippen molar-refractivity contribution >= 4 is 11.6 Å². The van der Waals surface area contributed by atoms with Crippen LogP contribution < -0.4 is 21.3 Å². The molecule has 1 heterocycles. The van der Waals surface area contributed by atoms with Crippen molar-refractivity contribution in [1.29, 1.82) is 5.26 Å². The number of nitrogens with one attached hydrogen (secondary N) is 1. The Kier molecular flexibility index (Phi) is 5.69. The fourth-order valence-electron chi connectivity index (χ4n) is 2.18. The molecule has 0 fully saturated rings. The average Bonchev–Trinajstić information content (AvgIpc) is 2.59. The monoisotopic (exact) mass is 382 g/mol. The Morgan fingerprint density at radius 2 is 1.89 bits per heavy atom. The summed E-state index contributed by atoms with van der Waals surface area (Å²) in [5, 5.41) is 11.3. The standard InChI is InChI=1S/C16H13F3N4O4/c1-2-22-8-10(7-20)14(25)23(15(22)26)9-13(24)21-11-3-5-12(6-4-11)27-16(17,18)19/h3-6,8H,2,9H2,1H3,(H,21,24). The smallest absolute Gasteiger partial charge is 0.406 e. The Bertz CT molecular complexity index is 1000. The van der Waals surface area contributed by atoms with E-state index in [0.717, 1.165) is 35.0 Å². The molecule has 0 aliphatic carbocycles. The Morgan fingerprint density at radius 3 is 2.41 bits per heavy atom. The number of carbonyl (C=O) groups is 1. The van der Waals surface area contributed by atoms with Crippen LogP contribution in [0.3, 0.4) is 0 Å². The molecule has 0 atom stereocenters. The van der Waals surface area contributed by atoms with Gasteiger partial charge in [0, 0.05) is 18.4 Å². The van der Waals surface area contributed by atoms with E-state index in [9.17, 15) is 27.6 Å². The van der Waals surface area contributed by atoms with Crippen LogP contribution in [0.25, 0.3) is 0 Å². The molecule has 0 aliphatic rings. The summed E-state index contributed by atoms with van der Waals surface area (Å²) in [6.45, 7) is 1.16. The lowest BCUT2D eigenvalue weighted by Gasteiger charge is -2.11. The molecule has 142 valence electrons. The number of hydrogen-bond donors (Lipinski definition) is 1. The van der Waals surface area contributed by atoms with E-state index in [1.807, 2.05) is 0 Å². The summed E-state index contributed by atoms with van der Waals surface area (Å²) in [6.07, 6.45) is -3.73. The SMILES string of the molecule is CCn1cc(C#N)c(=O)n(CC(=O)Nc2ccc(OC(F)(F)F)cc2)c1=O. The van der Waals surface area contributed by atoms with E-state index in [2.05, 4.69) is 10.1 Å². The van der Waals surface area contributed by atoms with E-state index in [1.54, 1.807) is 13.0 Å². The minimum absolute atomic E-state index is 0.134. The van der Waals surface area contributed by atoms with Crippen LogP contribution in [0.4, 0.5) is 18.9 Å². The van der Waals surface area contributed by atoms with E-state index in [0.29, 0.717) is 4.57 Å². The number of anilines is 1. The molecule has 11 heteroatoms. The Balaban J connectivity index is 2.18. The van der Waals surface area contributed by atoms with E-state index in [-0.39, 0.29) is 17.8 Å². The van der Waals surface area contributed by atoms with Gasteiger partial charge in [-0.15, -0.1) is 13.2 Å². The fourth-order valence-corrected chi connectivity index (χ4v) is 2.18. The van der Waals surface area contributed by atoms with Crippen molar-refractivity contribution in [2.24, 2.45) is 0 Å². The van der Waals surface area contributed by atoms with E-state index in [1.165, 1.54) is 0 Å². The van der Waals surface area contributed by atoms with Gasteiger partial charge in [-0.05, 0) is 31.2 Å². The first kappa shape index (κ1) is 19.8. The lowest BCUT2D eigenvalue weighted by Crippen LogP contribution is -2.43. The number of aryl methyl sites for hydroxylation is 1. The van der Waals surface area contributed by atoms with Crippen LogP contribution in [0.5, 0.6) is 5.75 Å². The molecule has 1 aromatic heterocycles. The fraction of sp³-hybridized carbons (Fsp3) is 0.250. The molecule has 0 bridgehead atoms. The van der Waals surface area contributed by atoms with Gasteiger partial charge < -0.3 is 10.1 Å². The van der Waals surface area contributed by atoms with E-state index in [4.69, 9.17) is 5.26 Å². The predicted molar refractivity (Wildman–Crippen MR) is 87.1 cm³/mol. The van der Waals surface area contributed by atoms with Gasteiger partial charge in [0.1, 0.15) is 23.9 Å². The van der Waals surface area contributed by atoms with Gasteiger partial charge >= 0.3 is 12.1 Å². The third-order valence-electron chi connectivity index (χ3n) is 3.37. The third-order valence-corrected chi connectivity index (χ3v) is 3.37. The normalized spacial score (nSPS) is 10.9. The maximum absolute atomic E-state index is 12.2. The molecule has 8 nitrogen and oxygen atoms in total. The molecular formula is C16H13F3N4O4. The van der Waals surface area contributed by atoms with Crippen LogP contribution in [-0.2, 0) is 17.9 Å². The van der Waals surface area contributed by atoms with Gasteiger partial charge in [-0.3, -0.25) is 14.2 Å². The number of aromatic nitrogens is 2. The van der Waals surface area contributed by atoms with Gasteiger partial charge in [0.2, 0.25) is 5.91 Å². The lowest BCUT2D eigenvalue weighted by molar-refractivity contribution is -0.274. The highest BCUT2D eigenvalue weighted by molar-refractivity contribution is 5.90. The summed E-state index contributed by atoms with van der Waals surface area (Å²) < 4.78 is 41.8. The number of halogens is 3. The van der Waals surface area contributed by atoms with Crippen LogP contribution in [0, 0.1) is 11.3 Å². The zero-order valence-electron chi connectivity index (χ0n) is 13.9. The zero-order valence-corrected chi connectivity index (χ0v) is 13.9. The number of hydrogen-bond acceptors (Lipinski definition) is 5. The minimum Gasteiger partial charge on any atom is -0.406 e. The molecule has 1 aromatic carbocycles. The molecule has 0 aliphatic heterocycles. The molecule has 27 heavy (non-hydrogen) atoms. The summed E-state index contributed by atoms with van der Waals surface area (Å²) in [5.41, 5.74) is -1.82. The van der Waals surface area contributed by atoms with Gasteiger partial charge in [0.05, 0.1) is 0 Å². The lowest BCUT2D eigenvalue weighted by atomic mass is 10.3. The average molecular weight is 382 g/mol. The highest BCUT2D eigenvalue weighted by Gasteiger charge is 2.30. The maximum atomic E-state index is 12.2. The van der Waals surface area contributed by atoms with Gasteiger partial charge in [0.15, 0.2) is 0 Å². The molecule has 0 unspecified atom stereocenters. The minimum atomic E-state index is -4.84. The predicted octanol–water partition coefficient (Wildman–Crippen LogP) is 1.44. The Labute approximate surface area is 150 Å². The van der Waals surface area contributed by atoms with Crippen molar-refractivity contribution in [2.75, 3.05) is 5.32 Å². The summed E-state index contributed by atoms with van der Waals surface area (Å²) in [6, 6.07) is 5.98. The topological polar surface area (TPSA) is 106 Å². The van der Waals surface area contributed by atoms with Gasteiger partial charge in [-0.25, -0.2) is 9.36 Å². The van der Waals surface area contributed by atoms with Crippen molar-refractivity contribution in [3.05, 3.63) is 56.9 Å². The Morgan fingerprint density at radius 1 is 1.26 bits per heavy atom. The van der Waals surface area contributed by atoms with Crippen molar-refractivity contribution in [2.45, 2.75) is 26.4 Å². The van der Waals surface area contributed by atoms with Gasteiger partial charge in [-0.2, -0.15) is 5.26 Å². The molecule has 0 saturated carbocycles. The van der Waals surface area contributed by atoms with Crippen molar-refractivity contribution in [3.63, 3.8) is 0 Å². The van der Waals surface area contributed by atoms with Gasteiger partial charge in [0.25, 0.3) is 5.56 Å². The number of benzene rings is 1. The van der Waals surface area contributed by atoms with E-state index < -0.39 is 35.8 Å². The van der Waals surface area contributed by atoms with Crippen LogP contribution in [0.15, 0.2) is 40.1 Å². The molecule has 1 amide bonds. The molecule has 0 saturated heterocycles. The summed E-state index contributed by atoms with van der Waals surface area (Å²) in [4.78, 5) is 36.3. The summed E-state index contributed by atoms with van der Waals surface area (Å²) in [5.74, 6) is -1.24. The van der Waals surface area contributed by atoms with Crippen LogP contribution >= 0.6 is 0 Å². The van der Waals surface area contributed by atoms with Crippen LogP contribution in [0.2, 0.25) is 0 Å². The zero-order chi connectivity index (χ0) is 20.2. The number of nitriles is 1. The second-order valence-corrected chi connectivity index (χ2v) is 5.23. The third kappa shape index (κ3) is 4.97. The molecule has 0 spiro atoms. The first-order valence-electron chi connectivity index (χ1n) is 7.54. The number of alkyl halides is 3. The van der Waals surface area contributed by atoms with Gasteiger partial charge in [-0.1, -0.05) is 0 Å². The number of amides is 1. The molecule has 2 aromatic rings. The van der Waals surface area contributed by atoms with Crippen molar-refractivity contribution < 1.29 is 22.7 Å². The van der Waals surface area contributed by atoms with Crippen LogP contribution in [-0.4, -0.2) is 21.4 Å². The quantitative estimate of drug-likeness (QED) is 0.842. The molecule has 1 N–H and O–H groups in total. The molecular weight excluding hydrogens is 369 g/mol. The maximum Gasteiger partial charge on any atom is 0.573 e. The first-order chi connectivity index (χ1) is 12.6. The number of nitrogens with zero attached hydrogens (tertiary/aromatic N) is 3. The molecule has 0 radical (unpaired) electrons. The number of carbonyl (C=O) groups excluding carboxylic acids is 1. The van der Waals surface area contributed by atoms with Crippen molar-refractivity contribution in [3.8, 4) is 11.8 Å². The summed E-state index contributed by atoms with van der Waals surface area (Å²) in [7, 11) is 0. The van der Waals surface area contributed by atoms with Crippen LogP contribution in [0.1, 0.15) is 12.5 Å². The number of rotatable bonds is 5. The van der Waals surface area contributed by atoms with Crippen molar-refractivity contribution in [1.82, 2.24) is 9.13 Å².